The van der Waals surface area contributed by atoms with Gasteiger partial charge in [0.05, 0.1) is 0 Å². The van der Waals surface area contributed by atoms with Crippen LogP contribution in [0.2, 0.25) is 0 Å². The molecular formula is C16H26N2O2. The Hall–Kier alpha value is -1.55. The van der Waals surface area contributed by atoms with Gasteiger partial charge in [-0.2, -0.15) is 0 Å². The number of rotatable bonds is 8. The maximum atomic E-state index is 11.8. The summed E-state index contributed by atoms with van der Waals surface area (Å²) in [4.78, 5) is 11.8. The molecule has 4 nitrogen and oxygen atoms in total. The molecule has 0 bridgehead atoms. The minimum atomic E-state index is 0.0750. The fourth-order valence-electron chi connectivity index (χ4n) is 2.06. The molecule has 0 saturated carbocycles. The molecule has 2 atom stereocenters. The summed E-state index contributed by atoms with van der Waals surface area (Å²) in [7, 11) is 0. The fourth-order valence-corrected chi connectivity index (χ4v) is 2.06. The van der Waals surface area contributed by atoms with Crippen molar-refractivity contribution in [3.05, 3.63) is 29.8 Å². The van der Waals surface area contributed by atoms with Crippen LogP contribution in [0.15, 0.2) is 24.3 Å². The second-order valence-corrected chi connectivity index (χ2v) is 5.55. The van der Waals surface area contributed by atoms with Crippen molar-refractivity contribution in [1.82, 2.24) is 5.32 Å². The first-order valence-corrected chi connectivity index (χ1v) is 7.26. The molecule has 0 aliphatic heterocycles. The van der Waals surface area contributed by atoms with Crippen LogP contribution >= 0.6 is 0 Å². The number of amides is 1. The summed E-state index contributed by atoms with van der Waals surface area (Å²) in [5, 5.41) is 11.8. The third kappa shape index (κ3) is 6.06. The average Bonchev–Trinajstić information content (AvgIpc) is 2.43. The van der Waals surface area contributed by atoms with Crippen molar-refractivity contribution >= 4 is 11.6 Å². The van der Waals surface area contributed by atoms with Gasteiger partial charge in [-0.05, 0) is 42.4 Å². The van der Waals surface area contributed by atoms with Crippen LogP contribution in [0.4, 0.5) is 5.69 Å². The molecule has 4 heteroatoms. The lowest BCUT2D eigenvalue weighted by molar-refractivity contribution is -0.121. The predicted molar refractivity (Wildman–Crippen MR) is 82.4 cm³/mol. The summed E-state index contributed by atoms with van der Waals surface area (Å²) < 4.78 is 0. The molecule has 0 saturated heterocycles. The van der Waals surface area contributed by atoms with Crippen LogP contribution < -0.4 is 11.1 Å². The summed E-state index contributed by atoms with van der Waals surface area (Å²) >= 11 is 0. The predicted octanol–water partition coefficient (Wildman–Crippen LogP) is 2.29. The quantitative estimate of drug-likeness (QED) is 0.504. The van der Waals surface area contributed by atoms with Crippen LogP contribution in [0.3, 0.4) is 0 Å². The highest BCUT2D eigenvalue weighted by molar-refractivity contribution is 5.76. The summed E-state index contributed by atoms with van der Waals surface area (Å²) in [6, 6.07) is 7.66. The number of anilines is 1. The lowest BCUT2D eigenvalue weighted by Crippen LogP contribution is -2.26. The van der Waals surface area contributed by atoms with Gasteiger partial charge in [-0.1, -0.05) is 26.0 Å². The number of nitrogens with two attached hydrogens (primary N) is 1. The Kier molecular flexibility index (Phi) is 7.09. The first-order chi connectivity index (χ1) is 9.52. The number of hydrogen-bond acceptors (Lipinski definition) is 3. The Morgan fingerprint density at radius 1 is 1.30 bits per heavy atom. The number of carbonyl (C=O) groups is 1. The van der Waals surface area contributed by atoms with Gasteiger partial charge in [0.2, 0.25) is 5.91 Å². The average molecular weight is 278 g/mol. The van der Waals surface area contributed by atoms with E-state index in [1.54, 1.807) is 0 Å². The molecule has 0 aromatic heterocycles. The molecule has 0 heterocycles. The number of nitrogens with one attached hydrogen (secondary N) is 1. The second kappa shape index (κ2) is 8.59. The SMILES string of the molecule is CC(CO)CCCNC(=O)CC(C)c1ccc(N)cc1. The van der Waals surface area contributed by atoms with Gasteiger partial charge in [0.15, 0.2) is 0 Å². The minimum absolute atomic E-state index is 0.0750. The van der Waals surface area contributed by atoms with E-state index in [-0.39, 0.29) is 18.4 Å². The molecule has 20 heavy (non-hydrogen) atoms. The Morgan fingerprint density at radius 2 is 1.95 bits per heavy atom. The number of aliphatic hydroxyl groups excluding tert-OH is 1. The van der Waals surface area contributed by atoms with Gasteiger partial charge in [-0.15, -0.1) is 0 Å². The molecule has 0 fully saturated rings. The fraction of sp³-hybridized carbons (Fsp3) is 0.562. The van der Waals surface area contributed by atoms with Crippen molar-refractivity contribution in [1.29, 1.82) is 0 Å². The third-order valence-corrected chi connectivity index (χ3v) is 3.50. The molecule has 0 aliphatic rings. The third-order valence-electron chi connectivity index (χ3n) is 3.50. The van der Waals surface area contributed by atoms with Crippen molar-refractivity contribution in [2.24, 2.45) is 5.92 Å². The van der Waals surface area contributed by atoms with Gasteiger partial charge in [-0.25, -0.2) is 0 Å². The molecule has 1 aromatic carbocycles. The van der Waals surface area contributed by atoms with E-state index in [0.717, 1.165) is 24.1 Å². The molecular weight excluding hydrogens is 252 g/mol. The molecule has 0 spiro atoms. The van der Waals surface area contributed by atoms with Crippen LogP contribution in [0.25, 0.3) is 0 Å². The maximum absolute atomic E-state index is 11.8. The molecule has 1 rings (SSSR count). The zero-order valence-electron chi connectivity index (χ0n) is 12.4. The molecule has 0 radical (unpaired) electrons. The lowest BCUT2D eigenvalue weighted by Gasteiger charge is -2.13. The normalized spacial score (nSPS) is 13.8. The Bertz CT molecular complexity index is 403. The van der Waals surface area contributed by atoms with E-state index in [9.17, 15) is 4.79 Å². The van der Waals surface area contributed by atoms with E-state index in [1.807, 2.05) is 38.1 Å². The van der Waals surface area contributed by atoms with Crippen molar-refractivity contribution in [2.75, 3.05) is 18.9 Å². The first-order valence-electron chi connectivity index (χ1n) is 7.26. The summed E-state index contributed by atoms with van der Waals surface area (Å²) in [5.74, 6) is 0.568. The maximum Gasteiger partial charge on any atom is 0.220 e. The summed E-state index contributed by atoms with van der Waals surface area (Å²) in [6.07, 6.45) is 2.33. The lowest BCUT2D eigenvalue weighted by atomic mass is 9.97. The van der Waals surface area contributed by atoms with Gasteiger partial charge >= 0.3 is 0 Å². The standard InChI is InChI=1S/C16H26N2O2/c1-12(11-19)4-3-9-18-16(20)10-13(2)14-5-7-15(17)8-6-14/h5-8,12-13,19H,3-4,9-11,17H2,1-2H3,(H,18,20). The Labute approximate surface area is 121 Å². The van der Waals surface area contributed by atoms with Gasteiger partial charge in [0.1, 0.15) is 0 Å². The number of aliphatic hydroxyl groups is 1. The molecule has 112 valence electrons. The Morgan fingerprint density at radius 3 is 2.55 bits per heavy atom. The number of benzene rings is 1. The number of hydrogen-bond donors (Lipinski definition) is 3. The van der Waals surface area contributed by atoms with E-state index < -0.39 is 0 Å². The molecule has 1 amide bonds. The summed E-state index contributed by atoms with van der Waals surface area (Å²) in [6.45, 7) is 4.93. The van der Waals surface area contributed by atoms with E-state index in [0.29, 0.717) is 18.9 Å². The molecule has 1 aromatic rings. The van der Waals surface area contributed by atoms with E-state index in [1.165, 1.54) is 0 Å². The topological polar surface area (TPSA) is 75.3 Å². The molecule has 0 aliphatic carbocycles. The zero-order chi connectivity index (χ0) is 15.0. The van der Waals surface area contributed by atoms with Crippen molar-refractivity contribution < 1.29 is 9.90 Å². The van der Waals surface area contributed by atoms with Gasteiger partial charge in [0, 0.05) is 25.3 Å². The van der Waals surface area contributed by atoms with Crippen molar-refractivity contribution in [3.8, 4) is 0 Å². The highest BCUT2D eigenvalue weighted by Gasteiger charge is 2.10. The van der Waals surface area contributed by atoms with Crippen molar-refractivity contribution in [2.45, 2.75) is 39.0 Å². The largest absolute Gasteiger partial charge is 0.399 e. The van der Waals surface area contributed by atoms with Gasteiger partial charge in [-0.3, -0.25) is 4.79 Å². The highest BCUT2D eigenvalue weighted by atomic mass is 16.3. The number of nitrogen functional groups attached to an aromatic ring is 1. The van der Waals surface area contributed by atoms with Crippen LogP contribution in [-0.2, 0) is 4.79 Å². The minimum Gasteiger partial charge on any atom is -0.399 e. The first kappa shape index (κ1) is 16.5. The van der Waals surface area contributed by atoms with E-state index in [4.69, 9.17) is 10.8 Å². The van der Waals surface area contributed by atoms with Crippen LogP contribution in [-0.4, -0.2) is 24.2 Å². The molecule has 2 unspecified atom stereocenters. The van der Waals surface area contributed by atoms with E-state index in [2.05, 4.69) is 5.32 Å². The van der Waals surface area contributed by atoms with Gasteiger partial charge < -0.3 is 16.2 Å². The van der Waals surface area contributed by atoms with E-state index >= 15 is 0 Å². The molecule has 4 N–H and O–H groups in total. The zero-order valence-corrected chi connectivity index (χ0v) is 12.4. The monoisotopic (exact) mass is 278 g/mol. The van der Waals surface area contributed by atoms with Crippen LogP contribution in [0.1, 0.15) is 44.6 Å². The van der Waals surface area contributed by atoms with Crippen LogP contribution in [0, 0.1) is 5.92 Å². The summed E-state index contributed by atoms with van der Waals surface area (Å²) in [5.41, 5.74) is 7.52. The Balaban J connectivity index is 2.26. The van der Waals surface area contributed by atoms with Crippen LogP contribution in [0.5, 0.6) is 0 Å². The highest BCUT2D eigenvalue weighted by Crippen LogP contribution is 2.19. The second-order valence-electron chi connectivity index (χ2n) is 5.55. The number of carbonyl (C=O) groups excluding carboxylic acids is 1. The van der Waals surface area contributed by atoms with Crippen molar-refractivity contribution in [3.63, 3.8) is 0 Å². The smallest absolute Gasteiger partial charge is 0.220 e. The van der Waals surface area contributed by atoms with Gasteiger partial charge in [0.25, 0.3) is 0 Å².